The predicted molar refractivity (Wildman–Crippen MR) is 120 cm³/mol. The Labute approximate surface area is 188 Å². The van der Waals surface area contributed by atoms with Crippen LogP contribution in [0.2, 0.25) is 0 Å². The van der Waals surface area contributed by atoms with Gasteiger partial charge < -0.3 is 5.73 Å². The summed E-state index contributed by atoms with van der Waals surface area (Å²) >= 11 is 2.60. The van der Waals surface area contributed by atoms with Crippen LogP contribution >= 0.6 is 23.1 Å². The van der Waals surface area contributed by atoms with Gasteiger partial charge in [0.25, 0.3) is 0 Å². The third kappa shape index (κ3) is 3.83. The van der Waals surface area contributed by atoms with Crippen LogP contribution in [0.5, 0.6) is 0 Å². The highest BCUT2D eigenvalue weighted by Crippen LogP contribution is 2.47. The molecule has 1 aromatic carbocycles. The standard InChI is InChI=1S/C22H20N6OS2/c1-2-13-6-8-14(9-7-13)18-15(12-24)20(25)28(16-4-3-5-17(29)19(16)18)21-26-27-22(31-21)30-11-10-23/h6-9,18H,2-5,11,25H2,1H3. The summed E-state index contributed by atoms with van der Waals surface area (Å²) in [5.41, 5.74) is 10.4. The summed E-state index contributed by atoms with van der Waals surface area (Å²) in [4.78, 5) is 14.8. The van der Waals surface area contributed by atoms with E-state index in [0.717, 1.165) is 24.1 Å². The molecule has 2 heterocycles. The number of anilines is 1. The minimum absolute atomic E-state index is 0.0414. The number of rotatable bonds is 5. The largest absolute Gasteiger partial charge is 0.384 e. The zero-order chi connectivity index (χ0) is 22.0. The summed E-state index contributed by atoms with van der Waals surface area (Å²) in [5, 5.41) is 27.7. The van der Waals surface area contributed by atoms with Crippen LogP contribution in [0.25, 0.3) is 0 Å². The maximum Gasteiger partial charge on any atom is 0.219 e. The third-order valence-electron chi connectivity index (χ3n) is 5.48. The molecule has 1 unspecified atom stereocenters. The SMILES string of the molecule is CCc1ccc(C2C(C#N)=C(N)N(c3nnc(SCC#N)s3)C3=C2C(=O)CCC3)cc1. The fraction of sp³-hybridized carbons (Fsp3) is 0.318. The van der Waals surface area contributed by atoms with E-state index in [1.54, 1.807) is 4.90 Å². The number of thioether (sulfide) groups is 1. The second-order valence-electron chi connectivity index (χ2n) is 7.21. The van der Waals surface area contributed by atoms with Crippen molar-refractivity contribution in [2.24, 2.45) is 5.73 Å². The van der Waals surface area contributed by atoms with E-state index in [0.29, 0.717) is 33.5 Å². The third-order valence-corrected chi connectivity index (χ3v) is 7.39. The molecular formula is C22H20N6OS2. The lowest BCUT2D eigenvalue weighted by molar-refractivity contribution is -0.116. The molecule has 0 amide bonds. The van der Waals surface area contributed by atoms with Crippen LogP contribution < -0.4 is 10.6 Å². The molecule has 4 rings (SSSR count). The quantitative estimate of drug-likeness (QED) is 0.681. The van der Waals surface area contributed by atoms with Gasteiger partial charge in [0, 0.05) is 17.7 Å². The Morgan fingerprint density at radius 2 is 2.03 bits per heavy atom. The van der Waals surface area contributed by atoms with Crippen LogP contribution in [-0.2, 0) is 11.2 Å². The van der Waals surface area contributed by atoms with Crippen LogP contribution in [0.1, 0.15) is 43.2 Å². The van der Waals surface area contributed by atoms with Gasteiger partial charge in [0.2, 0.25) is 5.13 Å². The summed E-state index contributed by atoms with van der Waals surface area (Å²) in [7, 11) is 0. The Kier molecular flexibility index (Phi) is 6.08. The molecule has 156 valence electrons. The first kappa shape index (κ1) is 21.1. The number of hydrogen-bond donors (Lipinski definition) is 1. The number of hydrogen-bond acceptors (Lipinski definition) is 9. The maximum absolute atomic E-state index is 13.1. The van der Waals surface area contributed by atoms with E-state index in [-0.39, 0.29) is 17.4 Å². The van der Waals surface area contributed by atoms with Crippen molar-refractivity contribution >= 4 is 34.0 Å². The predicted octanol–water partition coefficient (Wildman–Crippen LogP) is 4.02. The summed E-state index contributed by atoms with van der Waals surface area (Å²) in [5.74, 6) is 0.120. The van der Waals surface area contributed by atoms with Crippen LogP contribution in [0.3, 0.4) is 0 Å². The van der Waals surface area contributed by atoms with E-state index in [9.17, 15) is 10.1 Å². The monoisotopic (exact) mass is 448 g/mol. The number of carbonyl (C=O) groups excluding carboxylic acids is 1. The highest BCUT2D eigenvalue weighted by molar-refractivity contribution is 8.01. The molecule has 9 heteroatoms. The fourth-order valence-electron chi connectivity index (χ4n) is 4.03. The molecule has 31 heavy (non-hydrogen) atoms. The lowest BCUT2D eigenvalue weighted by atomic mass is 9.75. The number of aryl methyl sites for hydroxylation is 1. The van der Waals surface area contributed by atoms with Gasteiger partial charge in [-0.05, 0) is 30.4 Å². The van der Waals surface area contributed by atoms with Crippen LogP contribution in [0.4, 0.5) is 5.13 Å². The minimum Gasteiger partial charge on any atom is -0.384 e. The van der Waals surface area contributed by atoms with Crippen molar-refractivity contribution in [3.63, 3.8) is 0 Å². The molecule has 0 spiro atoms. The van der Waals surface area contributed by atoms with Gasteiger partial charge in [0.1, 0.15) is 5.82 Å². The van der Waals surface area contributed by atoms with Crippen LogP contribution in [-0.4, -0.2) is 21.7 Å². The number of carbonyl (C=O) groups is 1. The number of nitriles is 2. The first-order valence-electron chi connectivity index (χ1n) is 9.97. The van der Waals surface area contributed by atoms with Gasteiger partial charge in [0.05, 0.1) is 29.4 Å². The van der Waals surface area contributed by atoms with Crippen LogP contribution in [0.15, 0.2) is 51.3 Å². The first-order valence-corrected chi connectivity index (χ1v) is 11.8. The van der Waals surface area contributed by atoms with Crippen molar-refractivity contribution < 1.29 is 4.79 Å². The second-order valence-corrected chi connectivity index (χ2v) is 9.39. The number of nitrogens with zero attached hydrogens (tertiary/aromatic N) is 5. The number of ketones is 1. The van der Waals surface area contributed by atoms with E-state index < -0.39 is 5.92 Å². The maximum atomic E-state index is 13.1. The number of allylic oxidation sites excluding steroid dienone is 3. The van der Waals surface area contributed by atoms with Crippen molar-refractivity contribution in [3.8, 4) is 12.1 Å². The van der Waals surface area contributed by atoms with Crippen molar-refractivity contribution in [2.75, 3.05) is 10.7 Å². The molecule has 1 atom stereocenters. The lowest BCUT2D eigenvalue weighted by Gasteiger charge is -2.38. The number of aromatic nitrogens is 2. The Balaban J connectivity index is 1.85. The first-order chi connectivity index (χ1) is 15.1. The van der Waals surface area contributed by atoms with Crippen molar-refractivity contribution in [3.05, 3.63) is 58.1 Å². The molecule has 0 radical (unpaired) electrons. The molecule has 7 nitrogen and oxygen atoms in total. The van der Waals surface area contributed by atoms with E-state index in [4.69, 9.17) is 11.0 Å². The van der Waals surface area contributed by atoms with Crippen LogP contribution in [0, 0.1) is 22.7 Å². The van der Waals surface area contributed by atoms with Gasteiger partial charge in [-0.1, -0.05) is 54.3 Å². The highest BCUT2D eigenvalue weighted by atomic mass is 32.2. The fourth-order valence-corrected chi connectivity index (χ4v) is 5.57. The zero-order valence-electron chi connectivity index (χ0n) is 17.0. The van der Waals surface area contributed by atoms with Gasteiger partial charge in [-0.2, -0.15) is 10.5 Å². The number of nitrogens with two attached hydrogens (primary N) is 1. The van der Waals surface area contributed by atoms with Gasteiger partial charge in [0.15, 0.2) is 10.1 Å². The van der Waals surface area contributed by atoms with Crippen molar-refractivity contribution in [2.45, 2.75) is 42.9 Å². The molecule has 2 aromatic rings. The van der Waals surface area contributed by atoms with Gasteiger partial charge in [-0.3, -0.25) is 9.69 Å². The average Bonchev–Trinajstić information content (AvgIpc) is 3.25. The Bertz CT molecular complexity index is 1170. The molecular weight excluding hydrogens is 428 g/mol. The normalized spacial score (nSPS) is 18.6. The number of benzene rings is 1. The summed E-state index contributed by atoms with van der Waals surface area (Å²) < 4.78 is 0.643. The number of Topliss-reactive ketones (excluding diaryl/α,β-unsaturated/α-hetero) is 1. The van der Waals surface area contributed by atoms with Gasteiger partial charge in [-0.25, -0.2) is 0 Å². The molecule has 0 fully saturated rings. The summed E-state index contributed by atoms with van der Waals surface area (Å²) in [6.07, 6.45) is 2.76. The highest BCUT2D eigenvalue weighted by Gasteiger charge is 2.41. The van der Waals surface area contributed by atoms with E-state index in [2.05, 4.69) is 29.3 Å². The van der Waals surface area contributed by atoms with Gasteiger partial charge in [-0.15, -0.1) is 10.2 Å². The molecule has 1 aromatic heterocycles. The van der Waals surface area contributed by atoms with Crippen molar-refractivity contribution in [1.29, 1.82) is 10.5 Å². The Morgan fingerprint density at radius 3 is 2.71 bits per heavy atom. The van der Waals surface area contributed by atoms with Crippen molar-refractivity contribution in [1.82, 2.24) is 10.2 Å². The molecule has 0 saturated heterocycles. The van der Waals surface area contributed by atoms with E-state index >= 15 is 0 Å². The van der Waals surface area contributed by atoms with Gasteiger partial charge >= 0.3 is 0 Å². The molecule has 2 aliphatic rings. The minimum atomic E-state index is -0.477. The molecule has 2 N–H and O–H groups in total. The smallest absolute Gasteiger partial charge is 0.219 e. The molecule has 1 aliphatic carbocycles. The van der Waals surface area contributed by atoms with E-state index in [1.807, 2.05) is 24.3 Å². The average molecular weight is 449 g/mol. The molecule has 1 aliphatic heterocycles. The molecule has 0 saturated carbocycles. The Hall–Kier alpha value is -3.14. The topological polar surface area (TPSA) is 120 Å². The summed E-state index contributed by atoms with van der Waals surface area (Å²) in [6.45, 7) is 2.09. The second kappa shape index (κ2) is 8.93. The zero-order valence-corrected chi connectivity index (χ0v) is 18.6. The molecule has 0 bridgehead atoms. The lowest BCUT2D eigenvalue weighted by Crippen LogP contribution is -2.38. The Morgan fingerprint density at radius 1 is 1.26 bits per heavy atom. The van der Waals surface area contributed by atoms with E-state index in [1.165, 1.54) is 28.7 Å². The summed E-state index contributed by atoms with van der Waals surface area (Å²) in [6, 6.07) is 12.4.